The van der Waals surface area contributed by atoms with Gasteiger partial charge < -0.3 is 5.11 Å². The van der Waals surface area contributed by atoms with Gasteiger partial charge in [-0.2, -0.15) is 0 Å². The lowest BCUT2D eigenvalue weighted by molar-refractivity contribution is 0.234. The van der Waals surface area contributed by atoms with E-state index in [-0.39, 0.29) is 0 Å². The van der Waals surface area contributed by atoms with Gasteiger partial charge in [0.25, 0.3) is 0 Å². The number of thioether (sulfide) groups is 2. The number of hydrogen-bond acceptors (Lipinski definition) is 4. The summed E-state index contributed by atoms with van der Waals surface area (Å²) in [5, 5.41) is 8.65. The van der Waals surface area contributed by atoms with Crippen molar-refractivity contribution < 1.29 is 5.11 Å². The summed E-state index contributed by atoms with van der Waals surface area (Å²) in [6.45, 7) is 1.13. The summed E-state index contributed by atoms with van der Waals surface area (Å²) in [5.74, 6) is 4.69. The largest absolute Gasteiger partial charge is 0.395 e. The van der Waals surface area contributed by atoms with E-state index in [0.29, 0.717) is 6.61 Å². The first-order valence-corrected chi connectivity index (χ1v) is 5.73. The van der Waals surface area contributed by atoms with Crippen molar-refractivity contribution in [3.05, 3.63) is 0 Å². The van der Waals surface area contributed by atoms with Gasteiger partial charge in [0.2, 0.25) is 0 Å². The molecular weight excluding hydrogens is 166 g/mol. The molecule has 4 heteroatoms. The van der Waals surface area contributed by atoms with Gasteiger partial charge in [-0.1, -0.05) is 0 Å². The predicted molar refractivity (Wildman–Crippen MR) is 48.4 cm³/mol. The van der Waals surface area contributed by atoms with Crippen molar-refractivity contribution in [1.82, 2.24) is 4.90 Å². The van der Waals surface area contributed by atoms with Crippen LogP contribution >= 0.6 is 23.5 Å². The summed E-state index contributed by atoms with van der Waals surface area (Å²) in [5.41, 5.74) is 0. The summed E-state index contributed by atoms with van der Waals surface area (Å²) in [6.07, 6.45) is 0. The molecule has 0 aliphatic carbocycles. The third-order valence-electron chi connectivity index (χ3n) is 1.34. The number of hydrogen-bond donors (Lipinski definition) is 1. The van der Waals surface area contributed by atoms with Crippen LogP contribution in [0.5, 0.6) is 0 Å². The van der Waals surface area contributed by atoms with Gasteiger partial charge in [0.05, 0.1) is 6.61 Å². The Labute approximate surface area is 70.4 Å². The van der Waals surface area contributed by atoms with Crippen molar-refractivity contribution in [3.63, 3.8) is 0 Å². The second kappa shape index (κ2) is 5.29. The first kappa shape index (κ1) is 8.71. The Morgan fingerprint density at radius 1 is 1.20 bits per heavy atom. The summed E-state index contributed by atoms with van der Waals surface area (Å²) < 4.78 is 0. The number of aliphatic hydroxyl groups excluding tert-OH is 1. The summed E-state index contributed by atoms with van der Waals surface area (Å²) >= 11 is 3.92. The molecule has 0 saturated carbocycles. The van der Waals surface area contributed by atoms with E-state index >= 15 is 0 Å². The molecule has 0 aromatic rings. The van der Waals surface area contributed by atoms with Gasteiger partial charge in [0, 0.05) is 29.8 Å². The first-order chi connectivity index (χ1) is 4.93. The van der Waals surface area contributed by atoms with Crippen LogP contribution in [0.2, 0.25) is 0 Å². The van der Waals surface area contributed by atoms with Crippen molar-refractivity contribution in [2.75, 3.05) is 36.4 Å². The van der Waals surface area contributed by atoms with Gasteiger partial charge in [-0.3, -0.25) is 4.90 Å². The molecule has 0 radical (unpaired) electrons. The Hall–Kier alpha value is 0.620. The average Bonchev–Trinajstić information content (AvgIpc) is 2.17. The van der Waals surface area contributed by atoms with E-state index in [1.165, 1.54) is 11.5 Å². The van der Waals surface area contributed by atoms with Crippen molar-refractivity contribution in [2.45, 2.75) is 0 Å². The molecule has 0 bridgehead atoms. The van der Waals surface area contributed by atoms with E-state index in [9.17, 15) is 0 Å². The molecule has 0 atom stereocenters. The molecule has 1 N–H and O–H groups in total. The van der Waals surface area contributed by atoms with E-state index in [4.69, 9.17) is 5.11 Å². The Morgan fingerprint density at radius 2 is 1.80 bits per heavy atom. The fraction of sp³-hybridized carbons (Fsp3) is 1.00. The predicted octanol–water partition coefficient (Wildman–Crippen LogP) is 0.676. The zero-order valence-electron chi connectivity index (χ0n) is 5.95. The van der Waals surface area contributed by atoms with Crippen molar-refractivity contribution >= 4 is 23.5 Å². The molecule has 60 valence electrons. The van der Waals surface area contributed by atoms with Gasteiger partial charge in [-0.25, -0.2) is 0 Å². The molecule has 1 aliphatic rings. The number of nitrogens with zero attached hydrogens (tertiary/aromatic N) is 1. The maximum atomic E-state index is 8.65. The fourth-order valence-corrected chi connectivity index (χ4v) is 3.09. The van der Waals surface area contributed by atoms with E-state index in [1.807, 2.05) is 23.5 Å². The monoisotopic (exact) mass is 179 g/mol. The van der Waals surface area contributed by atoms with E-state index in [0.717, 1.165) is 18.3 Å². The first-order valence-electron chi connectivity index (χ1n) is 3.42. The highest BCUT2D eigenvalue weighted by Crippen LogP contribution is 2.15. The van der Waals surface area contributed by atoms with Crippen LogP contribution in [0.4, 0.5) is 0 Å². The van der Waals surface area contributed by atoms with Gasteiger partial charge in [-0.05, 0) is 0 Å². The topological polar surface area (TPSA) is 23.5 Å². The maximum Gasteiger partial charge on any atom is 0.0559 e. The molecule has 0 amide bonds. The second-order valence-corrected chi connectivity index (χ2v) is 4.34. The molecule has 2 nitrogen and oxygen atoms in total. The normalized spacial score (nSPS) is 22.5. The lowest BCUT2D eigenvalue weighted by atomic mass is 10.6. The molecule has 0 aromatic carbocycles. The maximum absolute atomic E-state index is 8.65. The molecule has 1 heterocycles. The third-order valence-corrected chi connectivity index (χ3v) is 3.68. The van der Waals surface area contributed by atoms with Crippen molar-refractivity contribution in [3.8, 4) is 0 Å². The van der Waals surface area contributed by atoms with Gasteiger partial charge in [0.1, 0.15) is 0 Å². The van der Waals surface area contributed by atoms with Gasteiger partial charge in [0.15, 0.2) is 0 Å². The zero-order chi connectivity index (χ0) is 7.23. The third kappa shape index (κ3) is 3.14. The van der Waals surface area contributed by atoms with Crippen LogP contribution in [0.3, 0.4) is 0 Å². The fourth-order valence-electron chi connectivity index (χ4n) is 0.813. The molecular formula is C6H13NOS2. The van der Waals surface area contributed by atoms with Crippen LogP contribution in [-0.2, 0) is 0 Å². The van der Waals surface area contributed by atoms with Crippen molar-refractivity contribution in [2.24, 2.45) is 0 Å². The summed E-state index contributed by atoms with van der Waals surface area (Å²) in [7, 11) is 0. The Kier molecular flexibility index (Phi) is 4.61. The van der Waals surface area contributed by atoms with Crippen LogP contribution in [0.1, 0.15) is 0 Å². The SMILES string of the molecule is OCCN1CSCCSC1. The summed E-state index contributed by atoms with van der Waals surface area (Å²) in [4.78, 5) is 2.28. The van der Waals surface area contributed by atoms with Crippen LogP contribution in [0, 0.1) is 0 Å². The Bertz CT molecular complexity index is 83.8. The number of β-amino-alcohol motifs (C(OH)–C–C–N with tert-alkyl or cyclic N) is 1. The lowest BCUT2D eigenvalue weighted by Crippen LogP contribution is -2.25. The molecule has 1 fully saturated rings. The van der Waals surface area contributed by atoms with Crippen LogP contribution in [-0.4, -0.2) is 46.4 Å². The van der Waals surface area contributed by atoms with Gasteiger partial charge in [-0.15, -0.1) is 23.5 Å². The molecule has 1 saturated heterocycles. The van der Waals surface area contributed by atoms with E-state index in [1.54, 1.807) is 0 Å². The number of aliphatic hydroxyl groups is 1. The highest BCUT2D eigenvalue weighted by Gasteiger charge is 2.07. The standard InChI is InChI=1S/C6H13NOS2/c8-2-1-7-5-9-3-4-10-6-7/h8H,1-6H2. The Balaban J connectivity index is 2.15. The molecule has 0 spiro atoms. The Morgan fingerprint density at radius 3 is 2.30 bits per heavy atom. The highest BCUT2D eigenvalue weighted by atomic mass is 32.2. The molecule has 1 rings (SSSR count). The van der Waals surface area contributed by atoms with E-state index in [2.05, 4.69) is 4.90 Å². The van der Waals surface area contributed by atoms with E-state index < -0.39 is 0 Å². The van der Waals surface area contributed by atoms with Crippen molar-refractivity contribution in [1.29, 1.82) is 0 Å². The molecule has 0 aromatic heterocycles. The summed E-state index contributed by atoms with van der Waals surface area (Å²) in [6, 6.07) is 0. The lowest BCUT2D eigenvalue weighted by Gasteiger charge is -2.16. The quantitative estimate of drug-likeness (QED) is 0.673. The van der Waals surface area contributed by atoms with Crippen LogP contribution < -0.4 is 0 Å². The minimum absolute atomic E-state index is 0.293. The van der Waals surface area contributed by atoms with Gasteiger partial charge >= 0.3 is 0 Å². The number of rotatable bonds is 2. The smallest absolute Gasteiger partial charge is 0.0559 e. The highest BCUT2D eigenvalue weighted by molar-refractivity contribution is 8.03. The minimum atomic E-state index is 0.293. The van der Waals surface area contributed by atoms with Crippen LogP contribution in [0.25, 0.3) is 0 Å². The molecule has 10 heavy (non-hydrogen) atoms. The second-order valence-electron chi connectivity index (χ2n) is 2.19. The average molecular weight is 179 g/mol. The molecule has 1 aliphatic heterocycles. The molecule has 0 unspecified atom stereocenters. The minimum Gasteiger partial charge on any atom is -0.395 e. The van der Waals surface area contributed by atoms with Crippen LogP contribution in [0.15, 0.2) is 0 Å². The zero-order valence-corrected chi connectivity index (χ0v) is 7.59.